The molecule has 0 amide bonds. The van der Waals surface area contributed by atoms with E-state index in [9.17, 15) is 0 Å². The summed E-state index contributed by atoms with van der Waals surface area (Å²) in [6.07, 6.45) is 7.12. The van der Waals surface area contributed by atoms with Crippen molar-refractivity contribution in [1.82, 2.24) is 4.90 Å². The molecule has 0 unspecified atom stereocenters. The molecule has 0 spiro atoms. The van der Waals surface area contributed by atoms with Crippen LogP contribution in [-0.4, -0.2) is 25.0 Å². The van der Waals surface area contributed by atoms with Crippen LogP contribution in [0.3, 0.4) is 0 Å². The van der Waals surface area contributed by atoms with E-state index in [2.05, 4.69) is 39.8 Å². The summed E-state index contributed by atoms with van der Waals surface area (Å²) in [5, 5.41) is 0. The van der Waals surface area contributed by atoms with Crippen LogP contribution in [0.15, 0.2) is 0 Å². The van der Waals surface area contributed by atoms with Gasteiger partial charge in [0, 0.05) is 6.04 Å². The summed E-state index contributed by atoms with van der Waals surface area (Å²) in [6.45, 7) is 7.10. The molecule has 1 fully saturated rings. The minimum Gasteiger partial charge on any atom is -0.306 e. The maximum Gasteiger partial charge on any atom is 0.00893 e. The zero-order chi connectivity index (χ0) is 10.8. The van der Waals surface area contributed by atoms with Crippen LogP contribution < -0.4 is 0 Å². The lowest BCUT2D eigenvalue weighted by Gasteiger charge is -2.35. The first kappa shape index (κ1) is 12.0. The van der Waals surface area contributed by atoms with E-state index in [-0.39, 0.29) is 0 Å². The largest absolute Gasteiger partial charge is 0.306 e. The van der Waals surface area contributed by atoms with E-state index in [1.54, 1.807) is 0 Å². The third-order valence-corrected chi connectivity index (χ3v) is 3.45. The van der Waals surface area contributed by atoms with Gasteiger partial charge in [-0.05, 0) is 57.5 Å². The Labute approximate surface area is 89.9 Å². The summed E-state index contributed by atoms with van der Waals surface area (Å²) in [5.74, 6) is 0.992. The van der Waals surface area contributed by atoms with Gasteiger partial charge in [0.1, 0.15) is 0 Å². The quantitative estimate of drug-likeness (QED) is 0.654. The monoisotopic (exact) mass is 197 g/mol. The highest BCUT2D eigenvalue weighted by Gasteiger charge is 2.25. The Kier molecular flexibility index (Phi) is 4.00. The van der Waals surface area contributed by atoms with Crippen LogP contribution in [0.4, 0.5) is 0 Å². The molecule has 0 aromatic carbocycles. The first-order chi connectivity index (χ1) is 6.38. The van der Waals surface area contributed by atoms with Crippen molar-refractivity contribution >= 4 is 0 Å². The van der Waals surface area contributed by atoms with Gasteiger partial charge in [-0.2, -0.15) is 0 Å². The van der Waals surface area contributed by atoms with Crippen LogP contribution in [0.1, 0.15) is 52.9 Å². The van der Waals surface area contributed by atoms with E-state index in [1.807, 2.05) is 0 Å². The Morgan fingerprint density at radius 2 is 1.50 bits per heavy atom. The molecule has 0 heterocycles. The van der Waals surface area contributed by atoms with Gasteiger partial charge in [0.15, 0.2) is 0 Å². The van der Waals surface area contributed by atoms with Crippen LogP contribution in [-0.2, 0) is 0 Å². The van der Waals surface area contributed by atoms with Crippen molar-refractivity contribution in [3.8, 4) is 0 Å². The first-order valence-electron chi connectivity index (χ1n) is 6.05. The van der Waals surface area contributed by atoms with Gasteiger partial charge in [-0.15, -0.1) is 0 Å². The first-order valence-corrected chi connectivity index (χ1v) is 6.05. The van der Waals surface area contributed by atoms with Crippen molar-refractivity contribution in [2.24, 2.45) is 11.3 Å². The molecule has 1 heteroatoms. The van der Waals surface area contributed by atoms with Crippen molar-refractivity contribution < 1.29 is 0 Å². The van der Waals surface area contributed by atoms with Gasteiger partial charge in [-0.1, -0.05) is 20.8 Å². The molecule has 0 N–H and O–H groups in total. The Hall–Kier alpha value is -0.0400. The molecule has 0 saturated heterocycles. The lowest BCUT2D eigenvalue weighted by atomic mass is 9.76. The standard InChI is InChI=1S/C13H27N/c1-13(2,3)10-11-6-8-12(9-7-11)14(4)5/h11-12H,6-10H2,1-5H3. The van der Waals surface area contributed by atoms with Crippen LogP contribution in [0, 0.1) is 11.3 Å². The second-order valence-electron chi connectivity index (χ2n) is 6.40. The maximum absolute atomic E-state index is 2.40. The SMILES string of the molecule is CN(C)C1CCC(CC(C)(C)C)CC1. The molecular weight excluding hydrogens is 170 g/mol. The van der Waals surface area contributed by atoms with E-state index in [0.717, 1.165) is 12.0 Å². The molecule has 1 aliphatic carbocycles. The lowest BCUT2D eigenvalue weighted by Crippen LogP contribution is -2.32. The highest BCUT2D eigenvalue weighted by molar-refractivity contribution is 4.79. The molecule has 0 aromatic rings. The van der Waals surface area contributed by atoms with Gasteiger partial charge in [0.2, 0.25) is 0 Å². The molecule has 0 aromatic heterocycles. The number of nitrogens with zero attached hydrogens (tertiary/aromatic N) is 1. The van der Waals surface area contributed by atoms with Gasteiger partial charge in [0.05, 0.1) is 0 Å². The minimum atomic E-state index is 0.523. The third-order valence-electron chi connectivity index (χ3n) is 3.45. The van der Waals surface area contributed by atoms with Crippen LogP contribution in [0.5, 0.6) is 0 Å². The van der Waals surface area contributed by atoms with Crippen molar-refractivity contribution in [1.29, 1.82) is 0 Å². The summed E-state index contributed by atoms with van der Waals surface area (Å²) >= 11 is 0. The van der Waals surface area contributed by atoms with Gasteiger partial charge in [-0.25, -0.2) is 0 Å². The maximum atomic E-state index is 2.40. The fraction of sp³-hybridized carbons (Fsp3) is 1.00. The molecule has 1 nitrogen and oxygen atoms in total. The highest BCUT2D eigenvalue weighted by atomic mass is 15.1. The van der Waals surface area contributed by atoms with Gasteiger partial charge in [0.25, 0.3) is 0 Å². The fourth-order valence-electron chi connectivity index (χ4n) is 2.73. The van der Waals surface area contributed by atoms with Gasteiger partial charge in [-0.3, -0.25) is 0 Å². The Morgan fingerprint density at radius 3 is 1.86 bits per heavy atom. The lowest BCUT2D eigenvalue weighted by molar-refractivity contribution is 0.163. The van der Waals surface area contributed by atoms with E-state index in [0.29, 0.717) is 5.41 Å². The molecule has 0 bridgehead atoms. The van der Waals surface area contributed by atoms with Crippen molar-refractivity contribution in [2.75, 3.05) is 14.1 Å². The van der Waals surface area contributed by atoms with Gasteiger partial charge < -0.3 is 4.90 Å². The van der Waals surface area contributed by atoms with Crippen LogP contribution in [0.2, 0.25) is 0 Å². The minimum absolute atomic E-state index is 0.523. The van der Waals surface area contributed by atoms with Crippen molar-refractivity contribution in [2.45, 2.75) is 58.9 Å². The van der Waals surface area contributed by atoms with Crippen LogP contribution in [0.25, 0.3) is 0 Å². The number of rotatable bonds is 2. The van der Waals surface area contributed by atoms with E-state index in [4.69, 9.17) is 0 Å². The number of hydrogen-bond acceptors (Lipinski definition) is 1. The van der Waals surface area contributed by atoms with E-state index >= 15 is 0 Å². The zero-order valence-corrected chi connectivity index (χ0v) is 10.6. The Morgan fingerprint density at radius 1 is 1.00 bits per heavy atom. The average molecular weight is 197 g/mol. The molecule has 1 aliphatic rings. The van der Waals surface area contributed by atoms with Crippen molar-refractivity contribution in [3.63, 3.8) is 0 Å². The summed E-state index contributed by atoms with van der Waals surface area (Å²) in [5.41, 5.74) is 0.523. The molecule has 0 radical (unpaired) electrons. The highest BCUT2D eigenvalue weighted by Crippen LogP contribution is 2.34. The summed E-state index contributed by atoms with van der Waals surface area (Å²) in [6, 6.07) is 0.853. The predicted octanol–water partition coefficient (Wildman–Crippen LogP) is 3.54. The molecule has 0 atom stereocenters. The second-order valence-corrected chi connectivity index (χ2v) is 6.40. The second kappa shape index (κ2) is 4.65. The molecule has 1 saturated carbocycles. The van der Waals surface area contributed by atoms with Crippen LogP contribution >= 0.6 is 0 Å². The van der Waals surface area contributed by atoms with E-state index in [1.165, 1.54) is 32.1 Å². The summed E-state index contributed by atoms with van der Waals surface area (Å²) < 4.78 is 0. The number of hydrogen-bond donors (Lipinski definition) is 0. The summed E-state index contributed by atoms with van der Waals surface area (Å²) in [4.78, 5) is 2.40. The van der Waals surface area contributed by atoms with E-state index < -0.39 is 0 Å². The zero-order valence-electron chi connectivity index (χ0n) is 10.6. The molecule has 84 valence electrons. The molecular formula is C13H27N. The molecule has 0 aliphatic heterocycles. The molecule has 1 rings (SSSR count). The summed E-state index contributed by atoms with van der Waals surface area (Å²) in [7, 11) is 4.43. The van der Waals surface area contributed by atoms with Crippen molar-refractivity contribution in [3.05, 3.63) is 0 Å². The van der Waals surface area contributed by atoms with Gasteiger partial charge >= 0.3 is 0 Å². The Balaban J connectivity index is 2.29. The normalized spacial score (nSPS) is 29.6. The topological polar surface area (TPSA) is 3.24 Å². The predicted molar refractivity (Wildman–Crippen MR) is 63.5 cm³/mol. The fourth-order valence-corrected chi connectivity index (χ4v) is 2.73. The Bertz CT molecular complexity index is 159. The molecule has 14 heavy (non-hydrogen) atoms. The smallest absolute Gasteiger partial charge is 0.00893 e. The third kappa shape index (κ3) is 4.00. The average Bonchev–Trinajstić information content (AvgIpc) is 2.02.